The molecule has 21 heavy (non-hydrogen) atoms. The van der Waals surface area contributed by atoms with Gasteiger partial charge < -0.3 is 10.2 Å². The van der Waals surface area contributed by atoms with Gasteiger partial charge in [-0.25, -0.2) is 4.79 Å². The van der Waals surface area contributed by atoms with E-state index in [9.17, 15) is 4.79 Å². The van der Waals surface area contributed by atoms with Crippen molar-refractivity contribution in [3.05, 3.63) is 42.1 Å². The van der Waals surface area contributed by atoms with E-state index in [1.54, 1.807) is 11.9 Å². The zero-order valence-electron chi connectivity index (χ0n) is 13.1. The van der Waals surface area contributed by atoms with Crippen molar-refractivity contribution in [2.45, 2.75) is 33.4 Å². The molecule has 0 aliphatic rings. The van der Waals surface area contributed by atoms with Crippen LogP contribution in [0.25, 0.3) is 10.9 Å². The smallest absolute Gasteiger partial charge is 0.317 e. The third-order valence-electron chi connectivity index (χ3n) is 3.75. The molecule has 1 atom stereocenters. The van der Waals surface area contributed by atoms with Crippen LogP contribution in [0.5, 0.6) is 0 Å². The minimum absolute atomic E-state index is 0.0637. The largest absolute Gasteiger partial charge is 0.335 e. The predicted molar refractivity (Wildman–Crippen MR) is 86.0 cm³/mol. The summed E-state index contributed by atoms with van der Waals surface area (Å²) >= 11 is 0. The molecule has 4 nitrogen and oxygen atoms in total. The number of hydrogen-bond acceptors (Lipinski definition) is 2. The second kappa shape index (κ2) is 6.57. The Hall–Kier alpha value is -2.10. The number of rotatable bonds is 4. The minimum Gasteiger partial charge on any atom is -0.335 e. The number of nitrogens with one attached hydrogen (secondary N) is 1. The number of amides is 2. The van der Waals surface area contributed by atoms with E-state index in [1.165, 1.54) is 0 Å². The van der Waals surface area contributed by atoms with Crippen molar-refractivity contribution in [2.75, 3.05) is 7.05 Å². The molecule has 0 bridgehead atoms. The van der Waals surface area contributed by atoms with Gasteiger partial charge in [0.2, 0.25) is 0 Å². The topological polar surface area (TPSA) is 45.2 Å². The number of carbonyl (C=O) groups excluding carboxylic acids is 1. The van der Waals surface area contributed by atoms with Gasteiger partial charge in [0.25, 0.3) is 0 Å². The fraction of sp³-hybridized carbons (Fsp3) is 0.412. The fourth-order valence-electron chi connectivity index (χ4n) is 1.98. The van der Waals surface area contributed by atoms with E-state index < -0.39 is 0 Å². The molecule has 0 fully saturated rings. The van der Waals surface area contributed by atoms with Gasteiger partial charge in [0.05, 0.1) is 17.8 Å². The number of carbonyl (C=O) groups is 1. The number of hydrogen-bond donors (Lipinski definition) is 1. The second-order valence-electron chi connectivity index (χ2n) is 5.83. The maximum Gasteiger partial charge on any atom is 0.317 e. The van der Waals surface area contributed by atoms with Crippen molar-refractivity contribution in [3.8, 4) is 0 Å². The summed E-state index contributed by atoms with van der Waals surface area (Å²) in [5, 5.41) is 4.11. The van der Waals surface area contributed by atoms with Crippen molar-refractivity contribution >= 4 is 16.9 Å². The van der Waals surface area contributed by atoms with Crippen LogP contribution in [0.2, 0.25) is 0 Å². The van der Waals surface area contributed by atoms with E-state index in [4.69, 9.17) is 0 Å². The van der Waals surface area contributed by atoms with Crippen LogP contribution in [-0.4, -0.2) is 29.0 Å². The number of nitrogens with zero attached hydrogens (tertiary/aromatic N) is 2. The van der Waals surface area contributed by atoms with E-state index >= 15 is 0 Å². The first-order chi connectivity index (χ1) is 9.97. The van der Waals surface area contributed by atoms with Crippen LogP contribution in [0.3, 0.4) is 0 Å². The fourth-order valence-corrected chi connectivity index (χ4v) is 1.98. The molecule has 0 unspecified atom stereocenters. The molecule has 2 amide bonds. The average molecular weight is 285 g/mol. The van der Waals surface area contributed by atoms with Crippen molar-refractivity contribution in [3.63, 3.8) is 0 Å². The maximum atomic E-state index is 12.1. The highest BCUT2D eigenvalue weighted by Crippen LogP contribution is 2.12. The van der Waals surface area contributed by atoms with Crippen LogP contribution in [0.1, 0.15) is 26.5 Å². The molecule has 1 aromatic heterocycles. The number of fused-ring (bicyclic) bond motifs is 1. The van der Waals surface area contributed by atoms with E-state index in [-0.39, 0.29) is 12.1 Å². The summed E-state index contributed by atoms with van der Waals surface area (Å²) in [5.74, 6) is 0.418. The van der Waals surface area contributed by atoms with Crippen LogP contribution < -0.4 is 5.32 Å². The Kier molecular flexibility index (Phi) is 4.78. The summed E-state index contributed by atoms with van der Waals surface area (Å²) in [6.07, 6.45) is 0. The second-order valence-corrected chi connectivity index (χ2v) is 5.83. The van der Waals surface area contributed by atoms with Gasteiger partial charge >= 0.3 is 6.03 Å². The Bertz CT molecular complexity index is 624. The normalized spacial score (nSPS) is 12.4. The van der Waals surface area contributed by atoms with Crippen molar-refractivity contribution in [1.82, 2.24) is 15.2 Å². The number of aromatic nitrogens is 1. The van der Waals surface area contributed by atoms with Gasteiger partial charge in [-0.05, 0) is 25.0 Å². The van der Waals surface area contributed by atoms with Crippen LogP contribution in [0.4, 0.5) is 4.79 Å². The zero-order chi connectivity index (χ0) is 15.4. The number of pyridine rings is 1. The summed E-state index contributed by atoms with van der Waals surface area (Å²) in [6.45, 7) is 6.71. The highest BCUT2D eigenvalue weighted by atomic mass is 16.2. The molecule has 0 saturated heterocycles. The maximum absolute atomic E-state index is 12.1. The summed E-state index contributed by atoms with van der Waals surface area (Å²) in [4.78, 5) is 18.4. The number of benzene rings is 1. The van der Waals surface area contributed by atoms with Crippen LogP contribution in [0.15, 0.2) is 36.4 Å². The third kappa shape index (κ3) is 3.94. The monoisotopic (exact) mass is 285 g/mol. The molecule has 1 heterocycles. The van der Waals surface area contributed by atoms with E-state index in [0.717, 1.165) is 16.6 Å². The molecule has 0 aliphatic carbocycles. The summed E-state index contributed by atoms with van der Waals surface area (Å²) in [6, 6.07) is 12.1. The first-order valence-electron chi connectivity index (χ1n) is 7.33. The zero-order valence-corrected chi connectivity index (χ0v) is 13.1. The Morgan fingerprint density at radius 3 is 2.62 bits per heavy atom. The quantitative estimate of drug-likeness (QED) is 0.935. The third-order valence-corrected chi connectivity index (χ3v) is 3.75. The van der Waals surface area contributed by atoms with Crippen molar-refractivity contribution < 1.29 is 4.79 Å². The first kappa shape index (κ1) is 15.3. The molecule has 4 heteroatoms. The van der Waals surface area contributed by atoms with Gasteiger partial charge in [-0.1, -0.05) is 38.1 Å². The van der Waals surface area contributed by atoms with Crippen molar-refractivity contribution in [2.24, 2.45) is 5.92 Å². The summed E-state index contributed by atoms with van der Waals surface area (Å²) in [5.41, 5.74) is 1.85. The minimum atomic E-state index is -0.0637. The van der Waals surface area contributed by atoms with Crippen LogP contribution in [-0.2, 0) is 6.54 Å². The lowest BCUT2D eigenvalue weighted by atomic mass is 10.1. The number of urea groups is 1. The molecule has 2 rings (SSSR count). The lowest BCUT2D eigenvalue weighted by Gasteiger charge is -2.23. The lowest BCUT2D eigenvalue weighted by Crippen LogP contribution is -2.43. The SMILES string of the molecule is CC(C)[C@@H](C)NC(=O)N(C)Cc1ccc2ccccc2n1. The van der Waals surface area contributed by atoms with Crippen LogP contribution in [0, 0.1) is 5.92 Å². The summed E-state index contributed by atoms with van der Waals surface area (Å²) < 4.78 is 0. The summed E-state index contributed by atoms with van der Waals surface area (Å²) in [7, 11) is 1.79. The van der Waals surface area contributed by atoms with Gasteiger partial charge in [0.15, 0.2) is 0 Å². The molecule has 1 N–H and O–H groups in total. The molecule has 0 radical (unpaired) electrons. The Labute approximate surface area is 126 Å². The van der Waals surface area contributed by atoms with Gasteiger partial charge in [0.1, 0.15) is 0 Å². The van der Waals surface area contributed by atoms with Crippen LogP contribution >= 0.6 is 0 Å². The van der Waals surface area contributed by atoms with E-state index in [1.807, 2.05) is 43.3 Å². The molecule has 2 aromatic rings. The van der Waals surface area contributed by atoms with Gasteiger partial charge in [-0.3, -0.25) is 4.98 Å². The Morgan fingerprint density at radius 2 is 1.90 bits per heavy atom. The molecular weight excluding hydrogens is 262 g/mol. The molecule has 112 valence electrons. The Morgan fingerprint density at radius 1 is 1.19 bits per heavy atom. The number of para-hydroxylation sites is 1. The molecular formula is C17H23N3O. The Balaban J connectivity index is 2.03. The molecule has 0 saturated carbocycles. The highest BCUT2D eigenvalue weighted by molar-refractivity contribution is 5.78. The van der Waals surface area contributed by atoms with E-state index in [0.29, 0.717) is 12.5 Å². The molecule has 0 spiro atoms. The predicted octanol–water partition coefficient (Wildman–Crippen LogP) is 3.42. The lowest BCUT2D eigenvalue weighted by molar-refractivity contribution is 0.199. The van der Waals surface area contributed by atoms with Crippen molar-refractivity contribution in [1.29, 1.82) is 0 Å². The average Bonchev–Trinajstić information content (AvgIpc) is 2.46. The van der Waals surface area contributed by atoms with Gasteiger partial charge in [-0.15, -0.1) is 0 Å². The highest BCUT2D eigenvalue weighted by Gasteiger charge is 2.14. The van der Waals surface area contributed by atoms with Gasteiger partial charge in [-0.2, -0.15) is 0 Å². The first-order valence-corrected chi connectivity index (χ1v) is 7.33. The molecule has 0 aliphatic heterocycles. The molecule has 1 aromatic carbocycles. The van der Waals surface area contributed by atoms with E-state index in [2.05, 4.69) is 24.1 Å². The van der Waals surface area contributed by atoms with Gasteiger partial charge in [0, 0.05) is 18.5 Å². The standard InChI is InChI=1S/C17H23N3O/c1-12(2)13(3)18-17(21)20(4)11-15-10-9-14-7-5-6-8-16(14)19-15/h5-10,12-13H,11H2,1-4H3,(H,18,21)/t13-/m1/s1.